The molecule has 0 spiro atoms. The van der Waals surface area contributed by atoms with Crippen molar-refractivity contribution in [1.82, 2.24) is 19.6 Å². The molecule has 9 nitrogen and oxygen atoms in total. The van der Waals surface area contributed by atoms with Crippen LogP contribution >= 0.6 is 39.1 Å². The van der Waals surface area contributed by atoms with Crippen molar-refractivity contribution >= 4 is 56.5 Å². The summed E-state index contributed by atoms with van der Waals surface area (Å²) >= 11 is 15.7. The Morgan fingerprint density at radius 3 is 2.42 bits per heavy atom. The van der Waals surface area contributed by atoms with Gasteiger partial charge in [-0.25, -0.2) is 0 Å². The van der Waals surface area contributed by atoms with Gasteiger partial charge < -0.3 is 5.32 Å². The highest BCUT2D eigenvalue weighted by Gasteiger charge is 2.53. The number of aromatic nitrogens is 4. The molecular weight excluding hydrogens is 571 g/mol. The molecule has 0 aliphatic heterocycles. The van der Waals surface area contributed by atoms with Crippen LogP contribution < -0.4 is 5.32 Å². The van der Waals surface area contributed by atoms with Gasteiger partial charge in [-0.3, -0.25) is 24.3 Å². The van der Waals surface area contributed by atoms with Crippen LogP contribution in [-0.2, 0) is 12.1 Å². The van der Waals surface area contributed by atoms with Gasteiger partial charge in [-0.05, 0) is 89.9 Å². The van der Waals surface area contributed by atoms with Crippen LogP contribution in [-0.4, -0.2) is 30.4 Å². The largest absolute Gasteiger partial charge is 0.320 e. The average Bonchev–Trinajstić information content (AvgIpc) is 3.40. The average molecular weight is 594 g/mol. The first kappa shape index (κ1) is 23.9. The van der Waals surface area contributed by atoms with Gasteiger partial charge in [-0.15, -0.1) is 0 Å². The summed E-state index contributed by atoms with van der Waals surface area (Å²) in [6, 6.07) is 5.20. The number of halogens is 3. The summed E-state index contributed by atoms with van der Waals surface area (Å²) in [5, 5.41) is 24.5. The molecule has 0 radical (unpaired) electrons. The van der Waals surface area contributed by atoms with Crippen molar-refractivity contribution in [1.29, 1.82) is 0 Å². The highest BCUT2D eigenvalue weighted by molar-refractivity contribution is 9.10. The highest BCUT2D eigenvalue weighted by Crippen LogP contribution is 2.58. The van der Waals surface area contributed by atoms with Gasteiger partial charge >= 0.3 is 5.69 Å². The lowest BCUT2D eigenvalue weighted by Crippen LogP contribution is -2.52. The fourth-order valence-electron chi connectivity index (χ4n) is 6.80. The van der Waals surface area contributed by atoms with Crippen LogP contribution in [0.2, 0.25) is 10.0 Å². The number of nitrogens with zero attached hydrogens (tertiary/aromatic N) is 5. The van der Waals surface area contributed by atoms with Crippen molar-refractivity contribution < 1.29 is 9.72 Å². The zero-order valence-corrected chi connectivity index (χ0v) is 22.3. The first-order valence-corrected chi connectivity index (χ1v) is 13.5. The van der Waals surface area contributed by atoms with E-state index in [4.69, 9.17) is 23.2 Å². The van der Waals surface area contributed by atoms with Crippen LogP contribution in [0.25, 0.3) is 0 Å². The molecular formula is C24H23BrCl2N6O3. The van der Waals surface area contributed by atoms with Gasteiger partial charge in [0, 0.05) is 16.2 Å². The molecule has 4 saturated carbocycles. The molecule has 4 aliphatic rings. The molecule has 1 amide bonds. The Labute approximate surface area is 225 Å². The molecule has 4 aliphatic carbocycles. The number of hydrogen-bond acceptors (Lipinski definition) is 5. The number of nitrogens with one attached hydrogen (secondary N) is 1. The number of rotatable bonds is 6. The van der Waals surface area contributed by atoms with Crippen molar-refractivity contribution in [2.45, 2.75) is 50.6 Å². The summed E-state index contributed by atoms with van der Waals surface area (Å²) in [6.45, 7) is 0.352. The number of hydrogen-bond donors (Lipinski definition) is 1. The lowest BCUT2D eigenvalue weighted by atomic mass is 9.53. The number of nitro groups is 1. The molecule has 2 heterocycles. The van der Waals surface area contributed by atoms with Crippen molar-refractivity contribution in [2.75, 3.05) is 5.32 Å². The van der Waals surface area contributed by atoms with E-state index < -0.39 is 10.8 Å². The minimum absolute atomic E-state index is 0.196. The van der Waals surface area contributed by atoms with Gasteiger partial charge in [0.15, 0.2) is 5.82 Å². The number of carbonyl (C=O) groups excluding carboxylic acids is 1. The van der Waals surface area contributed by atoms with E-state index in [-0.39, 0.29) is 22.7 Å². The zero-order chi connectivity index (χ0) is 25.2. The summed E-state index contributed by atoms with van der Waals surface area (Å²) in [5.74, 6) is 1.51. The van der Waals surface area contributed by atoms with Crippen LogP contribution in [0.3, 0.4) is 0 Å². The minimum atomic E-state index is -0.666. The molecule has 12 heteroatoms. The van der Waals surface area contributed by atoms with E-state index in [1.807, 2.05) is 0 Å². The van der Waals surface area contributed by atoms with Crippen molar-refractivity contribution in [3.8, 4) is 0 Å². The Morgan fingerprint density at radius 1 is 1.14 bits per heavy atom. The van der Waals surface area contributed by atoms with Crippen molar-refractivity contribution in [2.24, 2.45) is 17.8 Å². The SMILES string of the molecule is O=C(Nc1nn(Cc2ccc(Cl)cc2Cl)cc1Br)c1nn(C23CC4CC(CC(C4)C2)C3)cc1[N+](=O)[O-]. The molecule has 1 N–H and O–H groups in total. The van der Waals surface area contributed by atoms with Crippen LogP contribution in [0, 0.1) is 27.9 Å². The van der Waals surface area contributed by atoms with Gasteiger partial charge in [0.2, 0.25) is 5.69 Å². The number of benzene rings is 1. The Morgan fingerprint density at radius 2 is 1.81 bits per heavy atom. The Balaban J connectivity index is 1.25. The van der Waals surface area contributed by atoms with Crippen molar-refractivity contribution in [3.05, 3.63) is 66.5 Å². The highest BCUT2D eigenvalue weighted by atomic mass is 79.9. The van der Waals surface area contributed by atoms with Gasteiger partial charge in [0.05, 0.1) is 21.5 Å². The number of anilines is 1. The summed E-state index contributed by atoms with van der Waals surface area (Å²) < 4.78 is 3.88. The Hall–Kier alpha value is -2.43. The first-order chi connectivity index (χ1) is 17.2. The third kappa shape index (κ3) is 4.22. The lowest BCUT2D eigenvalue weighted by molar-refractivity contribution is -0.385. The van der Waals surface area contributed by atoms with Crippen LogP contribution in [0.1, 0.15) is 54.6 Å². The van der Waals surface area contributed by atoms with Gasteiger partial charge in [0.1, 0.15) is 6.20 Å². The first-order valence-electron chi connectivity index (χ1n) is 11.9. The van der Waals surface area contributed by atoms with Gasteiger partial charge in [0.25, 0.3) is 5.91 Å². The van der Waals surface area contributed by atoms with E-state index in [1.165, 1.54) is 25.5 Å². The maximum atomic E-state index is 13.2. The summed E-state index contributed by atoms with van der Waals surface area (Å²) in [7, 11) is 0. The molecule has 36 heavy (non-hydrogen) atoms. The van der Waals surface area contributed by atoms with Crippen molar-refractivity contribution in [3.63, 3.8) is 0 Å². The lowest BCUT2D eigenvalue weighted by Gasteiger charge is -2.56. The molecule has 0 saturated heterocycles. The van der Waals surface area contributed by atoms with Gasteiger partial charge in [-0.2, -0.15) is 10.2 Å². The molecule has 0 unspecified atom stereocenters. The predicted molar refractivity (Wildman–Crippen MR) is 138 cm³/mol. The second-order valence-corrected chi connectivity index (χ2v) is 12.1. The maximum absolute atomic E-state index is 13.2. The van der Waals surface area contributed by atoms with Crippen LogP contribution in [0.4, 0.5) is 11.5 Å². The maximum Gasteiger partial charge on any atom is 0.320 e. The van der Waals surface area contributed by atoms with Crippen LogP contribution in [0.5, 0.6) is 0 Å². The summed E-state index contributed by atoms with van der Waals surface area (Å²) in [4.78, 5) is 24.5. The van der Waals surface area contributed by atoms with E-state index in [0.29, 0.717) is 38.8 Å². The molecule has 188 valence electrons. The molecule has 0 atom stereocenters. The Kier molecular flexibility index (Phi) is 5.88. The number of amides is 1. The molecule has 7 rings (SSSR count). The molecule has 2 aromatic heterocycles. The number of carbonyl (C=O) groups is 1. The zero-order valence-electron chi connectivity index (χ0n) is 19.2. The topological polar surface area (TPSA) is 108 Å². The molecule has 4 bridgehead atoms. The molecule has 3 aromatic rings. The quantitative estimate of drug-likeness (QED) is 0.267. The third-order valence-corrected chi connectivity index (χ3v) is 9.06. The Bertz CT molecular complexity index is 1350. The second kappa shape index (κ2) is 8.85. The van der Waals surface area contributed by atoms with Gasteiger partial charge in [-0.1, -0.05) is 29.3 Å². The van der Waals surface area contributed by atoms with Crippen LogP contribution in [0.15, 0.2) is 35.1 Å². The molecule has 1 aromatic carbocycles. The standard InChI is InChI=1S/C24H23BrCl2N6O3/c25-18-11-31(10-16-1-2-17(26)6-19(16)27)30-22(18)28-23(34)21-20(33(35)36)12-32(29-21)24-7-13-3-14(8-24)5-15(4-13)9-24/h1-2,6,11-15H,3-5,7-10H2,(H,28,30,34). The third-order valence-electron chi connectivity index (χ3n) is 7.90. The van der Waals surface area contributed by atoms with E-state index in [9.17, 15) is 14.9 Å². The van der Waals surface area contributed by atoms with E-state index in [2.05, 4.69) is 31.4 Å². The minimum Gasteiger partial charge on any atom is -0.302 e. The second-order valence-electron chi connectivity index (χ2n) is 10.4. The van der Waals surface area contributed by atoms with E-state index >= 15 is 0 Å². The molecule has 4 fully saturated rings. The normalized spacial score (nSPS) is 26.4. The van der Waals surface area contributed by atoms with E-state index in [0.717, 1.165) is 24.8 Å². The monoisotopic (exact) mass is 592 g/mol. The fraction of sp³-hybridized carbons (Fsp3) is 0.458. The summed E-state index contributed by atoms with van der Waals surface area (Å²) in [5.41, 5.74) is 0.0986. The fourth-order valence-corrected chi connectivity index (χ4v) is 7.69. The van der Waals surface area contributed by atoms with E-state index in [1.54, 1.807) is 33.8 Å². The predicted octanol–water partition coefficient (Wildman–Crippen LogP) is 6.28. The summed E-state index contributed by atoms with van der Waals surface area (Å²) in [6.07, 6.45) is 9.81. The smallest absolute Gasteiger partial charge is 0.302 e.